The van der Waals surface area contributed by atoms with Crippen LogP contribution >= 0.6 is 43.2 Å². The van der Waals surface area contributed by atoms with E-state index < -0.39 is 66.7 Å². The van der Waals surface area contributed by atoms with E-state index in [0.29, 0.717) is 22.5 Å². The van der Waals surface area contributed by atoms with Crippen LogP contribution in [0.4, 0.5) is 11.4 Å². The van der Waals surface area contributed by atoms with Crippen LogP contribution in [0.15, 0.2) is 48.5 Å². The summed E-state index contributed by atoms with van der Waals surface area (Å²) < 4.78 is 0. The highest BCUT2D eigenvalue weighted by atomic mass is 33.1. The standard InChI is InChI=1S/C30H28N6O6S4/c1-25-21(39)35-19-27(13-9-5-7-11-15(13)31-19,17(37)29(35,45-43-25)23(41)33(25)3)28-14-10-6-8-12-16(14)32-20(28)36-22(40)26(2)34(4)24(42)30(36,18(28)38)46-44-26/h5-12,17-20,31-32,37-38H,1-4H3/t17-,18+,19+,20-,25-,26+,27-,28-,29-,30+/m1/s1. The number of carbonyl (C=O) groups excluding carboxylic acids is 4. The molecule has 4 N–H and O–H groups in total. The van der Waals surface area contributed by atoms with E-state index >= 15 is 0 Å². The number of hydrogen-bond acceptors (Lipinski definition) is 12. The fourth-order valence-electron chi connectivity index (χ4n) is 9.79. The lowest BCUT2D eigenvalue weighted by molar-refractivity contribution is -0.166. The molecule has 10 atom stereocenters. The quantitative estimate of drug-likeness (QED) is 0.320. The molecule has 0 radical (unpaired) electrons. The summed E-state index contributed by atoms with van der Waals surface area (Å²) in [6.07, 6.45) is -5.21. The molecule has 4 amide bonds. The minimum Gasteiger partial charge on any atom is -0.388 e. The van der Waals surface area contributed by atoms with Crippen LogP contribution in [0.3, 0.4) is 0 Å². The Morgan fingerprint density at radius 3 is 1.37 bits per heavy atom. The van der Waals surface area contributed by atoms with E-state index in [1.54, 1.807) is 27.9 Å². The van der Waals surface area contributed by atoms with Gasteiger partial charge in [0.05, 0.1) is 10.8 Å². The highest BCUT2D eigenvalue weighted by Gasteiger charge is 2.92. The van der Waals surface area contributed by atoms with Gasteiger partial charge in [-0.3, -0.25) is 29.0 Å². The molecule has 2 aromatic carbocycles. The van der Waals surface area contributed by atoms with E-state index in [1.165, 1.54) is 62.8 Å². The van der Waals surface area contributed by atoms with Crippen molar-refractivity contribution in [2.45, 2.75) is 68.7 Å². The number of fused-ring (bicyclic) bond motifs is 11. The first-order chi connectivity index (χ1) is 21.8. The number of nitrogens with zero attached hydrogens (tertiary/aromatic N) is 4. The number of nitrogens with one attached hydrogen (secondary N) is 2. The van der Waals surface area contributed by atoms with Crippen LogP contribution < -0.4 is 10.6 Å². The van der Waals surface area contributed by atoms with Crippen LogP contribution in [0.5, 0.6) is 0 Å². The summed E-state index contributed by atoms with van der Waals surface area (Å²) in [5.74, 6) is -1.52. The Morgan fingerprint density at radius 2 is 0.978 bits per heavy atom. The van der Waals surface area contributed by atoms with Crippen LogP contribution in [-0.2, 0) is 30.0 Å². The van der Waals surface area contributed by atoms with Gasteiger partial charge in [-0.05, 0) is 58.7 Å². The van der Waals surface area contributed by atoms with Crippen LogP contribution in [0.2, 0.25) is 0 Å². The first-order valence-electron chi connectivity index (χ1n) is 14.9. The molecule has 10 heterocycles. The van der Waals surface area contributed by atoms with E-state index in [1.807, 2.05) is 48.5 Å². The number of benzene rings is 2. The first kappa shape index (κ1) is 28.3. The number of aliphatic hydroxyl groups excluding tert-OH is 2. The summed E-state index contributed by atoms with van der Waals surface area (Å²) in [7, 11) is 7.98. The van der Waals surface area contributed by atoms with Crippen molar-refractivity contribution in [1.29, 1.82) is 0 Å². The maximum Gasteiger partial charge on any atom is 0.264 e. The molecule has 0 unspecified atom stereocenters. The second-order valence-corrected chi connectivity index (χ2v) is 19.0. The second-order valence-electron chi connectivity index (χ2n) is 13.5. The minimum atomic E-state index is -1.76. The average molecular weight is 697 g/mol. The zero-order valence-electron chi connectivity index (χ0n) is 24.9. The molecule has 8 saturated heterocycles. The summed E-state index contributed by atoms with van der Waals surface area (Å²) in [5, 5.41) is 33.6. The molecule has 0 saturated carbocycles. The molecule has 10 aliphatic rings. The fourth-order valence-corrected chi connectivity index (χ4v) is 16.9. The minimum absolute atomic E-state index is 0.342. The molecule has 10 aliphatic heterocycles. The lowest BCUT2D eigenvalue weighted by Gasteiger charge is -2.58. The highest BCUT2D eigenvalue weighted by molar-refractivity contribution is 8.78. The predicted octanol–water partition coefficient (Wildman–Crippen LogP) is 1.33. The summed E-state index contributed by atoms with van der Waals surface area (Å²) in [4.78, 5) is 58.2. The Morgan fingerprint density at radius 1 is 0.609 bits per heavy atom. The molecule has 0 aliphatic carbocycles. The maximum absolute atomic E-state index is 14.7. The normalized spacial score (nSPS) is 47.0. The van der Waals surface area contributed by atoms with Gasteiger partial charge in [-0.2, -0.15) is 0 Å². The third-order valence-electron chi connectivity index (χ3n) is 12.1. The molecule has 2 spiro atoms. The van der Waals surface area contributed by atoms with Crippen LogP contribution in [-0.4, -0.2) is 112 Å². The number of rotatable bonds is 1. The summed E-state index contributed by atoms with van der Waals surface area (Å²) in [6.45, 7) is 3.42. The molecule has 12 rings (SSSR count). The topological polar surface area (TPSA) is 146 Å². The third kappa shape index (κ3) is 2.30. The van der Waals surface area contributed by atoms with Gasteiger partial charge in [0.15, 0.2) is 9.74 Å². The smallest absolute Gasteiger partial charge is 0.264 e. The number of hydrogen-bond donors (Lipinski definition) is 4. The van der Waals surface area contributed by atoms with Crippen molar-refractivity contribution >= 4 is 78.2 Å². The van der Waals surface area contributed by atoms with Gasteiger partial charge in [0.2, 0.25) is 9.74 Å². The summed E-state index contributed by atoms with van der Waals surface area (Å²) >= 11 is 0. The summed E-state index contributed by atoms with van der Waals surface area (Å²) in [5.41, 5.74) is -0.775. The lowest BCUT2D eigenvalue weighted by Crippen LogP contribution is -2.77. The average Bonchev–Trinajstić information content (AvgIpc) is 3.70. The molecular formula is C30H28N6O6S4. The van der Waals surface area contributed by atoms with Crippen molar-refractivity contribution in [2.75, 3.05) is 24.7 Å². The molecule has 16 heteroatoms. The van der Waals surface area contributed by atoms with Crippen molar-refractivity contribution in [3.63, 3.8) is 0 Å². The number of aliphatic hydroxyl groups is 2. The molecule has 8 fully saturated rings. The van der Waals surface area contributed by atoms with E-state index in [0.717, 1.165) is 0 Å². The van der Waals surface area contributed by atoms with Gasteiger partial charge in [-0.1, -0.05) is 58.0 Å². The van der Waals surface area contributed by atoms with Gasteiger partial charge >= 0.3 is 0 Å². The first-order valence-corrected chi connectivity index (χ1v) is 19.2. The third-order valence-corrected chi connectivity index (χ3v) is 19.5. The number of anilines is 2. The highest BCUT2D eigenvalue weighted by Crippen LogP contribution is 2.78. The monoisotopic (exact) mass is 696 g/mol. The number of amides is 4. The number of carbonyl (C=O) groups is 4. The number of piperazine rings is 2. The zero-order valence-corrected chi connectivity index (χ0v) is 28.1. The van der Waals surface area contributed by atoms with Gasteiger partial charge < -0.3 is 30.6 Å². The van der Waals surface area contributed by atoms with Crippen molar-refractivity contribution in [3.8, 4) is 0 Å². The van der Waals surface area contributed by atoms with Gasteiger partial charge in [0.25, 0.3) is 23.6 Å². The van der Waals surface area contributed by atoms with Gasteiger partial charge in [-0.15, -0.1) is 0 Å². The van der Waals surface area contributed by atoms with Crippen molar-refractivity contribution in [2.24, 2.45) is 0 Å². The molecule has 238 valence electrons. The van der Waals surface area contributed by atoms with Crippen LogP contribution in [0.25, 0.3) is 0 Å². The maximum atomic E-state index is 14.7. The molecular weight excluding hydrogens is 669 g/mol. The van der Waals surface area contributed by atoms with E-state index in [9.17, 15) is 29.4 Å². The summed E-state index contributed by atoms with van der Waals surface area (Å²) in [6, 6.07) is 14.8. The number of likely N-dealkylation sites (N-methyl/N-ethyl adjacent to an activating group) is 2. The van der Waals surface area contributed by atoms with E-state index in [4.69, 9.17) is 0 Å². The lowest BCUT2D eigenvalue weighted by atomic mass is 9.52. The Kier molecular flexibility index (Phi) is 4.87. The SMILES string of the molecule is CN1C(=O)[C@]23SS[C@@]1(C)C(=O)N2[C@H]1Nc2ccccc2[C@@]1([C@@]12c4ccccc4N[C@H]1N1C(=O)[C@@]4(C)SS[C@@]1(C(=O)N4C)[C@@H]2O)[C@@H]3O. The Labute approximate surface area is 279 Å². The van der Waals surface area contributed by atoms with Crippen molar-refractivity contribution < 1.29 is 29.4 Å². The van der Waals surface area contributed by atoms with Gasteiger partial charge in [0, 0.05) is 25.5 Å². The Balaban J connectivity index is 1.36. The fraction of sp³-hybridized carbons (Fsp3) is 0.467. The Bertz CT molecular complexity index is 1760. The zero-order chi connectivity index (χ0) is 32.1. The van der Waals surface area contributed by atoms with Crippen molar-refractivity contribution in [3.05, 3.63) is 59.7 Å². The molecule has 46 heavy (non-hydrogen) atoms. The van der Waals surface area contributed by atoms with Gasteiger partial charge in [-0.25, -0.2) is 0 Å². The Hall–Kier alpha value is -2.76. The van der Waals surface area contributed by atoms with E-state index in [2.05, 4.69) is 10.6 Å². The molecule has 12 nitrogen and oxygen atoms in total. The van der Waals surface area contributed by atoms with Crippen LogP contribution in [0.1, 0.15) is 25.0 Å². The molecule has 2 aromatic rings. The van der Waals surface area contributed by atoms with Crippen molar-refractivity contribution in [1.82, 2.24) is 19.6 Å². The molecule has 0 aromatic heterocycles. The predicted molar refractivity (Wildman–Crippen MR) is 175 cm³/mol. The number of para-hydroxylation sites is 2. The second kappa shape index (κ2) is 7.92. The largest absolute Gasteiger partial charge is 0.388 e. The molecule has 4 bridgehead atoms. The van der Waals surface area contributed by atoms with Gasteiger partial charge in [0.1, 0.15) is 24.5 Å². The van der Waals surface area contributed by atoms with Crippen LogP contribution in [0, 0.1) is 0 Å². The van der Waals surface area contributed by atoms with E-state index in [-0.39, 0.29) is 11.8 Å².